The maximum Gasteiger partial charge on any atom is 0.416 e. The summed E-state index contributed by atoms with van der Waals surface area (Å²) in [5.41, 5.74) is -0.177. The van der Waals surface area contributed by atoms with Crippen LogP contribution in [0.1, 0.15) is 49.8 Å². The lowest BCUT2D eigenvalue weighted by molar-refractivity contribution is -0.139. The summed E-state index contributed by atoms with van der Waals surface area (Å²) in [4.78, 5) is 16.3. The summed E-state index contributed by atoms with van der Waals surface area (Å²) in [6.07, 6.45) is -2.75. The van der Waals surface area contributed by atoms with Crippen molar-refractivity contribution in [2.75, 3.05) is 5.32 Å². The molecule has 1 aliphatic heterocycles. The number of nitrogens with one attached hydrogen (secondary N) is 1. The summed E-state index contributed by atoms with van der Waals surface area (Å²) in [6, 6.07) is 6.61. The number of rotatable bonds is 5. The van der Waals surface area contributed by atoms with E-state index in [2.05, 4.69) is 10.3 Å². The maximum absolute atomic E-state index is 13.7. The molecule has 0 spiro atoms. The van der Waals surface area contributed by atoms with Crippen molar-refractivity contribution in [1.29, 1.82) is 0 Å². The van der Waals surface area contributed by atoms with E-state index >= 15 is 0 Å². The Labute approximate surface area is 178 Å². The van der Waals surface area contributed by atoms with Gasteiger partial charge in [0.2, 0.25) is 5.88 Å². The largest absolute Gasteiger partial charge is 0.478 e. The Morgan fingerprint density at radius 2 is 1.97 bits per heavy atom. The lowest BCUT2D eigenvalue weighted by Crippen LogP contribution is -2.26. The second-order valence-corrected chi connectivity index (χ2v) is 6.90. The molecule has 1 aromatic heterocycles. The minimum absolute atomic E-state index is 0. The number of hydrogen-bond donors (Lipinski definition) is 2. The molecule has 5 nitrogen and oxygen atoms in total. The van der Waals surface area contributed by atoms with E-state index in [4.69, 9.17) is 4.74 Å². The summed E-state index contributed by atoms with van der Waals surface area (Å²) in [7, 11) is 0. The molecule has 2 heterocycles. The standard InChI is InChI=1S/C21H21F3N2O3.ClH/c1-4-11(2)29-19-18-15(9-10-25-19)26-12(3)16(20(27)28)17(18)13-7-5-6-8-14(13)21(22,23)24;/h5-11,17,26H,4H2,1-3H3,(H,27,28);1H. The minimum atomic E-state index is -4.64. The number of pyridine rings is 1. The number of carbonyl (C=O) groups is 1. The number of aromatic nitrogens is 1. The molecule has 0 saturated carbocycles. The van der Waals surface area contributed by atoms with Crippen LogP contribution in [-0.4, -0.2) is 22.2 Å². The Hall–Kier alpha value is -2.74. The molecule has 2 N–H and O–H groups in total. The first-order chi connectivity index (χ1) is 13.6. The van der Waals surface area contributed by atoms with Crippen molar-refractivity contribution in [2.24, 2.45) is 0 Å². The molecule has 2 unspecified atom stereocenters. The number of anilines is 1. The summed E-state index contributed by atoms with van der Waals surface area (Å²) < 4.78 is 47.1. The molecule has 0 bridgehead atoms. The number of aliphatic carboxylic acids is 1. The van der Waals surface area contributed by atoms with Gasteiger partial charge in [0.1, 0.15) is 0 Å². The van der Waals surface area contributed by atoms with E-state index in [0.717, 1.165) is 6.07 Å². The lowest BCUT2D eigenvalue weighted by atomic mass is 9.79. The smallest absolute Gasteiger partial charge is 0.416 e. The number of allylic oxidation sites excluding steroid dienone is 1. The van der Waals surface area contributed by atoms with E-state index in [1.165, 1.54) is 31.3 Å². The predicted molar refractivity (Wildman–Crippen MR) is 109 cm³/mol. The number of fused-ring (bicyclic) bond motifs is 1. The van der Waals surface area contributed by atoms with E-state index in [9.17, 15) is 23.1 Å². The van der Waals surface area contributed by atoms with Gasteiger partial charge in [0, 0.05) is 23.1 Å². The van der Waals surface area contributed by atoms with Crippen molar-refractivity contribution < 1.29 is 27.8 Å². The molecule has 1 aliphatic rings. The molecule has 2 atom stereocenters. The molecule has 0 radical (unpaired) electrons. The fraction of sp³-hybridized carbons (Fsp3) is 0.333. The SMILES string of the molecule is CCC(C)Oc1nccc2c1C(c1ccccc1C(F)(F)F)C(C(=O)O)=C(C)N2.Cl. The molecule has 2 aromatic rings. The van der Waals surface area contributed by atoms with Gasteiger partial charge in [0.25, 0.3) is 0 Å². The van der Waals surface area contributed by atoms with Crippen molar-refractivity contribution in [1.82, 2.24) is 4.98 Å². The average Bonchev–Trinajstić information content (AvgIpc) is 2.66. The number of nitrogens with zero attached hydrogens (tertiary/aromatic N) is 1. The highest BCUT2D eigenvalue weighted by molar-refractivity contribution is 5.93. The molecular weight excluding hydrogens is 421 g/mol. The second kappa shape index (κ2) is 8.95. The minimum Gasteiger partial charge on any atom is -0.478 e. The first-order valence-electron chi connectivity index (χ1n) is 9.17. The van der Waals surface area contributed by atoms with E-state index in [0.29, 0.717) is 12.1 Å². The summed E-state index contributed by atoms with van der Waals surface area (Å²) in [5, 5.41) is 12.8. The van der Waals surface area contributed by atoms with Crippen LogP contribution in [0.3, 0.4) is 0 Å². The van der Waals surface area contributed by atoms with Gasteiger partial charge in [-0.2, -0.15) is 13.2 Å². The van der Waals surface area contributed by atoms with Crippen molar-refractivity contribution in [3.05, 3.63) is 64.5 Å². The van der Waals surface area contributed by atoms with Crippen molar-refractivity contribution in [3.63, 3.8) is 0 Å². The van der Waals surface area contributed by atoms with Crippen LogP contribution in [0.25, 0.3) is 0 Å². The predicted octanol–water partition coefficient (Wildman–Crippen LogP) is 5.62. The quantitative estimate of drug-likeness (QED) is 0.629. The van der Waals surface area contributed by atoms with Gasteiger partial charge in [-0.25, -0.2) is 9.78 Å². The highest BCUT2D eigenvalue weighted by Crippen LogP contribution is 2.48. The number of ether oxygens (including phenoxy) is 1. The fourth-order valence-corrected chi connectivity index (χ4v) is 3.44. The fourth-order valence-electron chi connectivity index (χ4n) is 3.44. The Kier molecular flexibility index (Phi) is 7.02. The van der Waals surface area contributed by atoms with Gasteiger partial charge in [0.15, 0.2) is 0 Å². The molecular formula is C21H22ClF3N2O3. The molecule has 9 heteroatoms. The van der Waals surface area contributed by atoms with Crippen LogP contribution < -0.4 is 10.1 Å². The summed E-state index contributed by atoms with van der Waals surface area (Å²) >= 11 is 0. The molecule has 0 fully saturated rings. The third-order valence-corrected chi connectivity index (χ3v) is 4.95. The van der Waals surface area contributed by atoms with Crippen LogP contribution in [0, 0.1) is 0 Å². The summed E-state index contributed by atoms with van der Waals surface area (Å²) in [5.74, 6) is -2.37. The van der Waals surface area contributed by atoms with Gasteiger partial charge in [-0.3, -0.25) is 0 Å². The van der Waals surface area contributed by atoms with Crippen molar-refractivity contribution in [2.45, 2.75) is 45.4 Å². The number of carboxylic acids is 1. The van der Waals surface area contributed by atoms with E-state index in [1.807, 2.05) is 13.8 Å². The summed E-state index contributed by atoms with van der Waals surface area (Å²) in [6.45, 7) is 5.25. The Balaban J connectivity index is 0.00000320. The van der Waals surface area contributed by atoms with Crippen LogP contribution in [-0.2, 0) is 11.0 Å². The molecule has 0 saturated heterocycles. The third kappa shape index (κ3) is 4.38. The molecule has 0 aliphatic carbocycles. The van der Waals surface area contributed by atoms with E-state index < -0.39 is 23.6 Å². The molecule has 162 valence electrons. The lowest BCUT2D eigenvalue weighted by Gasteiger charge is -2.32. The Bertz CT molecular complexity index is 976. The van der Waals surface area contributed by atoms with Crippen molar-refractivity contribution in [3.8, 4) is 5.88 Å². The second-order valence-electron chi connectivity index (χ2n) is 6.90. The van der Waals surface area contributed by atoms with E-state index in [1.54, 1.807) is 6.07 Å². The zero-order chi connectivity index (χ0) is 21.3. The third-order valence-electron chi connectivity index (χ3n) is 4.95. The highest BCUT2D eigenvalue weighted by Gasteiger charge is 2.41. The van der Waals surface area contributed by atoms with Crippen molar-refractivity contribution >= 4 is 24.1 Å². The number of halogens is 4. The van der Waals surface area contributed by atoms with Crippen LogP contribution in [0.5, 0.6) is 5.88 Å². The Morgan fingerprint density at radius 1 is 1.30 bits per heavy atom. The monoisotopic (exact) mass is 442 g/mol. The average molecular weight is 443 g/mol. The zero-order valence-corrected chi connectivity index (χ0v) is 17.4. The highest BCUT2D eigenvalue weighted by atomic mass is 35.5. The van der Waals surface area contributed by atoms with Crippen LogP contribution in [0.15, 0.2) is 47.8 Å². The number of hydrogen-bond acceptors (Lipinski definition) is 4. The van der Waals surface area contributed by atoms with Gasteiger partial charge < -0.3 is 15.2 Å². The van der Waals surface area contributed by atoms with Crippen LogP contribution >= 0.6 is 12.4 Å². The normalized spacial score (nSPS) is 16.8. The first kappa shape index (κ1) is 23.5. The van der Waals surface area contributed by atoms with Gasteiger partial charge in [-0.05, 0) is 38.0 Å². The molecule has 1 aromatic carbocycles. The van der Waals surface area contributed by atoms with Crippen LogP contribution in [0.2, 0.25) is 0 Å². The topological polar surface area (TPSA) is 71.5 Å². The van der Waals surface area contributed by atoms with E-state index in [-0.39, 0.29) is 46.8 Å². The van der Waals surface area contributed by atoms with Crippen LogP contribution in [0.4, 0.5) is 18.9 Å². The zero-order valence-electron chi connectivity index (χ0n) is 16.6. The van der Waals surface area contributed by atoms with Gasteiger partial charge in [0.05, 0.1) is 23.2 Å². The molecule has 30 heavy (non-hydrogen) atoms. The number of carboxylic acid groups (broad SMARTS) is 1. The molecule has 0 amide bonds. The van der Waals surface area contributed by atoms with Gasteiger partial charge in [-0.1, -0.05) is 25.1 Å². The maximum atomic E-state index is 13.7. The Morgan fingerprint density at radius 3 is 2.57 bits per heavy atom. The van der Waals surface area contributed by atoms with Gasteiger partial charge >= 0.3 is 12.1 Å². The number of alkyl halides is 3. The number of benzene rings is 1. The van der Waals surface area contributed by atoms with Gasteiger partial charge in [-0.15, -0.1) is 12.4 Å². The first-order valence-corrected chi connectivity index (χ1v) is 9.17. The molecule has 3 rings (SSSR count).